The summed E-state index contributed by atoms with van der Waals surface area (Å²) in [5, 5.41) is 13.8. The minimum Gasteiger partial charge on any atom is -0.463 e. The maximum Gasteiger partial charge on any atom is 0.159 e. The molecule has 1 aromatic carbocycles. The summed E-state index contributed by atoms with van der Waals surface area (Å²) in [4.78, 5) is 7.86. The summed E-state index contributed by atoms with van der Waals surface area (Å²) in [6, 6.07) is 13.3. The van der Waals surface area contributed by atoms with Crippen LogP contribution in [-0.4, -0.2) is 19.7 Å². The number of hydrogen-bond acceptors (Lipinski definition) is 4. The maximum atomic E-state index is 9.05. The van der Waals surface area contributed by atoms with Crippen LogP contribution in [0.15, 0.2) is 47.1 Å². The highest BCUT2D eigenvalue weighted by molar-refractivity contribution is 5.80. The number of aromatic amines is 1. The molecule has 4 rings (SSSR count). The van der Waals surface area contributed by atoms with E-state index in [-0.39, 0.29) is 5.54 Å². The summed E-state index contributed by atoms with van der Waals surface area (Å²) in [5.41, 5.74) is 3.64. The quantitative estimate of drug-likeness (QED) is 0.593. The molecule has 4 aromatic rings. The predicted molar refractivity (Wildman–Crippen MR) is 94.7 cm³/mol. The van der Waals surface area contributed by atoms with Crippen molar-refractivity contribution in [1.29, 1.82) is 5.26 Å². The van der Waals surface area contributed by atoms with Crippen LogP contribution >= 0.6 is 0 Å². The first kappa shape index (κ1) is 15.2. The lowest BCUT2D eigenvalue weighted by Crippen LogP contribution is -2.24. The molecule has 6 heteroatoms. The highest BCUT2D eigenvalue weighted by Gasteiger charge is 2.23. The van der Waals surface area contributed by atoms with E-state index in [9.17, 15) is 0 Å². The number of nitriles is 1. The average molecular weight is 331 g/mol. The third-order valence-corrected chi connectivity index (χ3v) is 3.97. The number of rotatable bonds is 2. The summed E-state index contributed by atoms with van der Waals surface area (Å²) in [6.07, 6.45) is 1.65. The van der Waals surface area contributed by atoms with Crippen molar-refractivity contribution in [2.45, 2.75) is 26.3 Å². The molecule has 0 radical (unpaired) electrons. The van der Waals surface area contributed by atoms with Gasteiger partial charge in [0.15, 0.2) is 11.6 Å². The molecule has 6 nitrogen and oxygen atoms in total. The summed E-state index contributed by atoms with van der Waals surface area (Å²) < 4.78 is 7.51. The van der Waals surface area contributed by atoms with E-state index in [2.05, 4.69) is 36.8 Å². The van der Waals surface area contributed by atoms with Crippen LogP contribution in [0.25, 0.3) is 34.0 Å². The van der Waals surface area contributed by atoms with Crippen LogP contribution in [0.3, 0.4) is 0 Å². The van der Waals surface area contributed by atoms with Gasteiger partial charge in [-0.3, -0.25) is 4.68 Å². The van der Waals surface area contributed by atoms with Gasteiger partial charge in [-0.25, -0.2) is 4.98 Å². The normalized spacial score (nSPS) is 11.8. The second-order valence-electron chi connectivity index (χ2n) is 6.90. The largest absolute Gasteiger partial charge is 0.463 e. The summed E-state index contributed by atoms with van der Waals surface area (Å²) in [5.74, 6) is 1.43. The lowest BCUT2D eigenvalue weighted by molar-refractivity contribution is 0.357. The molecule has 0 amide bonds. The molecule has 0 atom stereocenters. The third kappa shape index (κ3) is 2.60. The molecule has 0 saturated heterocycles. The molecule has 0 aliphatic heterocycles. The van der Waals surface area contributed by atoms with Crippen molar-refractivity contribution in [2.75, 3.05) is 0 Å². The molecule has 3 heterocycles. The van der Waals surface area contributed by atoms with Gasteiger partial charge in [0.2, 0.25) is 0 Å². The second kappa shape index (κ2) is 5.35. The predicted octanol–water partition coefficient (Wildman–Crippen LogP) is 4.31. The fraction of sp³-hybridized carbons (Fsp3) is 0.211. The maximum absolute atomic E-state index is 9.05. The first-order valence-corrected chi connectivity index (χ1v) is 8.00. The van der Waals surface area contributed by atoms with Crippen LogP contribution in [0.1, 0.15) is 26.3 Å². The van der Waals surface area contributed by atoms with Gasteiger partial charge in [-0.1, -0.05) is 0 Å². The third-order valence-electron chi connectivity index (χ3n) is 3.97. The van der Waals surface area contributed by atoms with Crippen molar-refractivity contribution >= 4 is 11.0 Å². The van der Waals surface area contributed by atoms with Crippen LogP contribution in [0.5, 0.6) is 0 Å². The lowest BCUT2D eigenvalue weighted by Gasteiger charge is -2.21. The Balaban J connectivity index is 1.87. The van der Waals surface area contributed by atoms with Crippen molar-refractivity contribution in [3.8, 4) is 29.0 Å². The van der Waals surface area contributed by atoms with Gasteiger partial charge in [0.25, 0.3) is 0 Å². The minimum absolute atomic E-state index is 0.208. The van der Waals surface area contributed by atoms with Gasteiger partial charge >= 0.3 is 0 Å². The second-order valence-corrected chi connectivity index (χ2v) is 6.90. The van der Waals surface area contributed by atoms with E-state index >= 15 is 0 Å². The first-order valence-electron chi connectivity index (χ1n) is 8.00. The molecule has 0 aliphatic rings. The van der Waals surface area contributed by atoms with Crippen molar-refractivity contribution < 1.29 is 4.42 Å². The smallest absolute Gasteiger partial charge is 0.159 e. The molecule has 25 heavy (non-hydrogen) atoms. The van der Waals surface area contributed by atoms with Crippen LogP contribution in [0, 0.1) is 11.3 Å². The van der Waals surface area contributed by atoms with E-state index in [1.165, 1.54) is 0 Å². The summed E-state index contributed by atoms with van der Waals surface area (Å²) in [6.45, 7) is 6.27. The topological polar surface area (TPSA) is 83.4 Å². The van der Waals surface area contributed by atoms with E-state index in [1.54, 1.807) is 18.4 Å². The van der Waals surface area contributed by atoms with E-state index in [4.69, 9.17) is 14.8 Å². The fourth-order valence-electron chi connectivity index (χ4n) is 2.81. The van der Waals surface area contributed by atoms with Crippen LogP contribution < -0.4 is 0 Å². The Hall–Kier alpha value is -3.33. The van der Waals surface area contributed by atoms with Crippen molar-refractivity contribution in [1.82, 2.24) is 19.7 Å². The summed E-state index contributed by atoms with van der Waals surface area (Å²) >= 11 is 0. The van der Waals surface area contributed by atoms with E-state index < -0.39 is 0 Å². The molecule has 0 bridgehead atoms. The Kier molecular flexibility index (Phi) is 3.25. The van der Waals surface area contributed by atoms with Crippen LogP contribution in [0.2, 0.25) is 0 Å². The van der Waals surface area contributed by atoms with Crippen LogP contribution in [-0.2, 0) is 5.54 Å². The molecule has 0 unspecified atom stereocenters. The SMILES string of the molecule is CC(C)(C)n1nc(-c2nc3ccc(C#N)cc3[nH]2)cc1-c1ccco1. The lowest BCUT2D eigenvalue weighted by atomic mass is 10.1. The molecule has 1 N–H and O–H groups in total. The number of fused-ring (bicyclic) bond motifs is 1. The monoisotopic (exact) mass is 331 g/mol. The Labute approximate surface area is 144 Å². The Morgan fingerprint density at radius 3 is 2.72 bits per heavy atom. The number of furan rings is 1. The molecule has 0 saturated carbocycles. The van der Waals surface area contributed by atoms with E-state index in [1.807, 2.05) is 28.9 Å². The molecule has 0 fully saturated rings. The number of nitrogens with zero attached hydrogens (tertiary/aromatic N) is 4. The zero-order valence-corrected chi connectivity index (χ0v) is 14.2. The molecule has 0 aliphatic carbocycles. The first-order chi connectivity index (χ1) is 12.0. The van der Waals surface area contributed by atoms with Gasteiger partial charge in [-0.2, -0.15) is 10.4 Å². The zero-order chi connectivity index (χ0) is 17.6. The Morgan fingerprint density at radius 2 is 2.04 bits per heavy atom. The number of H-pyrrole nitrogens is 1. The summed E-state index contributed by atoms with van der Waals surface area (Å²) in [7, 11) is 0. The minimum atomic E-state index is -0.208. The van der Waals surface area contributed by atoms with Crippen LogP contribution in [0.4, 0.5) is 0 Å². The van der Waals surface area contributed by atoms with Gasteiger partial charge in [-0.15, -0.1) is 0 Å². The number of aromatic nitrogens is 4. The molecule has 124 valence electrons. The molecule has 3 aromatic heterocycles. The van der Waals surface area contributed by atoms with Gasteiger partial charge in [0.05, 0.1) is 34.5 Å². The number of imidazole rings is 1. The molecular formula is C19H17N5O. The van der Waals surface area contributed by atoms with E-state index in [0.717, 1.165) is 28.2 Å². The van der Waals surface area contributed by atoms with Gasteiger partial charge in [-0.05, 0) is 57.2 Å². The number of hydrogen-bond donors (Lipinski definition) is 1. The standard InChI is InChI=1S/C19H17N5O/c1-19(2,3)24-16(17-5-4-8-25-17)10-15(23-24)18-21-13-7-6-12(11-20)9-14(13)22-18/h4-10H,1-3H3,(H,21,22). The number of benzene rings is 1. The van der Waals surface area contributed by atoms with E-state index in [0.29, 0.717) is 11.4 Å². The molecular weight excluding hydrogens is 314 g/mol. The highest BCUT2D eigenvalue weighted by Crippen LogP contribution is 2.30. The van der Waals surface area contributed by atoms with Crippen molar-refractivity contribution in [3.05, 3.63) is 48.2 Å². The van der Waals surface area contributed by atoms with Crippen molar-refractivity contribution in [3.63, 3.8) is 0 Å². The van der Waals surface area contributed by atoms with Gasteiger partial charge in [0.1, 0.15) is 11.4 Å². The Bertz CT molecular complexity index is 1090. The van der Waals surface area contributed by atoms with Gasteiger partial charge in [0, 0.05) is 0 Å². The average Bonchev–Trinajstić information content (AvgIpc) is 3.29. The zero-order valence-electron chi connectivity index (χ0n) is 14.2. The van der Waals surface area contributed by atoms with Crippen molar-refractivity contribution in [2.24, 2.45) is 0 Å². The Morgan fingerprint density at radius 1 is 1.20 bits per heavy atom. The van der Waals surface area contributed by atoms with Gasteiger partial charge < -0.3 is 9.40 Å². The highest BCUT2D eigenvalue weighted by atomic mass is 16.3. The molecule has 0 spiro atoms. The fourth-order valence-corrected chi connectivity index (χ4v) is 2.81. The number of nitrogens with one attached hydrogen (secondary N) is 1.